The number of nitrogens with zero attached hydrogens (tertiary/aromatic N) is 2. The summed E-state index contributed by atoms with van der Waals surface area (Å²) in [4.78, 5) is 6.88. The van der Waals surface area contributed by atoms with Crippen molar-refractivity contribution in [2.75, 3.05) is 46.5 Å². The van der Waals surface area contributed by atoms with E-state index < -0.39 is 6.10 Å². The highest BCUT2D eigenvalue weighted by Crippen LogP contribution is 2.18. The lowest BCUT2D eigenvalue weighted by Crippen LogP contribution is -2.47. The number of ether oxygens (including phenoxy) is 2. The van der Waals surface area contributed by atoms with Crippen molar-refractivity contribution >= 4 is 41.5 Å². The highest BCUT2D eigenvalue weighted by Gasteiger charge is 2.22. The first-order valence-electron chi connectivity index (χ1n) is 9.71. The van der Waals surface area contributed by atoms with Gasteiger partial charge in [0.2, 0.25) is 0 Å². The number of hydrogen-bond donors (Lipinski definition) is 2. The van der Waals surface area contributed by atoms with Gasteiger partial charge in [0, 0.05) is 45.0 Å². The molecule has 28 heavy (non-hydrogen) atoms. The van der Waals surface area contributed by atoms with E-state index in [9.17, 15) is 5.11 Å². The van der Waals surface area contributed by atoms with Crippen molar-refractivity contribution in [1.82, 2.24) is 10.2 Å². The van der Waals surface area contributed by atoms with Gasteiger partial charge in [-0.25, -0.2) is 0 Å². The molecule has 2 N–H and O–H groups in total. The number of nitrogens with one attached hydrogen (secondary N) is 1. The van der Waals surface area contributed by atoms with Crippen LogP contribution in [0.25, 0.3) is 0 Å². The SMILES string of the molecule is CCNC(=NCC(O)c1ccc(Cl)cc1)N1CCC(OCCCOC)CC1.I. The number of hydrogen-bond acceptors (Lipinski definition) is 4. The predicted molar refractivity (Wildman–Crippen MR) is 125 cm³/mol. The number of aliphatic hydroxyl groups excluding tert-OH is 1. The maximum absolute atomic E-state index is 10.4. The minimum Gasteiger partial charge on any atom is -0.386 e. The van der Waals surface area contributed by atoms with Gasteiger partial charge in [-0.2, -0.15) is 0 Å². The van der Waals surface area contributed by atoms with Gasteiger partial charge >= 0.3 is 0 Å². The highest BCUT2D eigenvalue weighted by molar-refractivity contribution is 14.0. The molecule has 0 saturated carbocycles. The van der Waals surface area contributed by atoms with E-state index in [0.717, 1.165) is 63.6 Å². The van der Waals surface area contributed by atoms with Crippen LogP contribution in [0.15, 0.2) is 29.3 Å². The zero-order chi connectivity index (χ0) is 19.5. The molecule has 1 unspecified atom stereocenters. The summed E-state index contributed by atoms with van der Waals surface area (Å²) in [5.74, 6) is 0.850. The largest absolute Gasteiger partial charge is 0.386 e. The van der Waals surface area contributed by atoms with Crippen LogP contribution in [-0.2, 0) is 9.47 Å². The lowest BCUT2D eigenvalue weighted by molar-refractivity contribution is 0.00986. The molecule has 2 rings (SSSR count). The molecule has 6 nitrogen and oxygen atoms in total. The van der Waals surface area contributed by atoms with Crippen LogP contribution in [0.5, 0.6) is 0 Å². The summed E-state index contributed by atoms with van der Waals surface area (Å²) < 4.78 is 11.0. The van der Waals surface area contributed by atoms with Gasteiger partial charge in [-0.3, -0.25) is 4.99 Å². The zero-order valence-corrected chi connectivity index (χ0v) is 19.9. The molecular weight excluding hydrogens is 493 g/mol. The molecule has 0 amide bonds. The Morgan fingerprint density at radius 2 is 1.96 bits per heavy atom. The molecular formula is C20H33ClIN3O3. The molecule has 8 heteroatoms. The predicted octanol–water partition coefficient (Wildman–Crippen LogP) is 3.47. The zero-order valence-electron chi connectivity index (χ0n) is 16.8. The molecule has 1 heterocycles. The average molecular weight is 526 g/mol. The third kappa shape index (κ3) is 8.82. The summed E-state index contributed by atoms with van der Waals surface area (Å²) in [5.41, 5.74) is 0.821. The normalized spacial score (nSPS) is 16.6. The Labute approximate surface area is 190 Å². The number of piperidine rings is 1. The second kappa shape index (κ2) is 14.4. The van der Waals surface area contributed by atoms with Gasteiger partial charge in [-0.1, -0.05) is 23.7 Å². The standard InChI is InChI=1S/C20H32ClN3O3.HI/c1-3-22-20(23-15-19(25)16-5-7-17(21)8-6-16)24-11-9-18(10-12-24)27-14-4-13-26-2;/h5-8,18-19,25H,3-4,9-15H2,1-2H3,(H,22,23);1H. The monoisotopic (exact) mass is 525 g/mol. The van der Waals surface area contributed by atoms with Gasteiger partial charge in [0.15, 0.2) is 5.96 Å². The first-order chi connectivity index (χ1) is 13.1. The highest BCUT2D eigenvalue weighted by atomic mass is 127. The van der Waals surface area contributed by atoms with Gasteiger partial charge in [0.05, 0.1) is 18.8 Å². The third-order valence-corrected chi connectivity index (χ3v) is 4.84. The molecule has 0 bridgehead atoms. The minimum atomic E-state index is -0.641. The van der Waals surface area contributed by atoms with Crippen LogP contribution < -0.4 is 5.32 Å². The van der Waals surface area contributed by atoms with Gasteiger partial charge in [-0.05, 0) is 43.9 Å². The molecule has 1 aromatic carbocycles. The minimum absolute atomic E-state index is 0. The van der Waals surface area contributed by atoms with E-state index in [-0.39, 0.29) is 24.0 Å². The first-order valence-corrected chi connectivity index (χ1v) is 10.1. The molecule has 0 aromatic heterocycles. The van der Waals surface area contributed by atoms with Gasteiger partial charge in [0.25, 0.3) is 0 Å². The van der Waals surface area contributed by atoms with E-state index in [1.807, 2.05) is 12.1 Å². The van der Waals surface area contributed by atoms with Crippen LogP contribution >= 0.6 is 35.6 Å². The summed E-state index contributed by atoms with van der Waals surface area (Å²) in [5, 5.41) is 14.4. The van der Waals surface area contributed by atoms with Crippen LogP contribution in [0, 0.1) is 0 Å². The Hall–Kier alpha value is -0.610. The van der Waals surface area contributed by atoms with Crippen LogP contribution in [0.2, 0.25) is 5.02 Å². The van der Waals surface area contributed by atoms with E-state index in [0.29, 0.717) is 17.7 Å². The van der Waals surface area contributed by atoms with Crippen molar-refractivity contribution in [3.63, 3.8) is 0 Å². The fraction of sp³-hybridized carbons (Fsp3) is 0.650. The van der Waals surface area contributed by atoms with Crippen LogP contribution in [-0.4, -0.2) is 68.6 Å². The Bertz CT molecular complexity index is 566. The van der Waals surface area contributed by atoms with E-state index >= 15 is 0 Å². The van der Waals surface area contributed by atoms with Crippen LogP contribution in [0.1, 0.15) is 37.9 Å². The molecule has 0 radical (unpaired) electrons. The van der Waals surface area contributed by atoms with Crippen molar-refractivity contribution in [3.8, 4) is 0 Å². The quantitative estimate of drug-likeness (QED) is 0.224. The topological polar surface area (TPSA) is 66.3 Å². The number of guanidine groups is 1. The number of likely N-dealkylation sites (tertiary alicyclic amines) is 1. The third-order valence-electron chi connectivity index (χ3n) is 4.59. The van der Waals surface area contributed by atoms with E-state index in [1.54, 1.807) is 19.2 Å². The van der Waals surface area contributed by atoms with Crippen molar-refractivity contribution < 1.29 is 14.6 Å². The van der Waals surface area contributed by atoms with E-state index in [4.69, 9.17) is 21.1 Å². The van der Waals surface area contributed by atoms with Crippen molar-refractivity contribution in [1.29, 1.82) is 0 Å². The fourth-order valence-electron chi connectivity index (χ4n) is 3.08. The average Bonchev–Trinajstić information content (AvgIpc) is 2.69. The smallest absolute Gasteiger partial charge is 0.194 e. The molecule has 1 atom stereocenters. The Morgan fingerprint density at radius 3 is 2.57 bits per heavy atom. The molecule has 1 fully saturated rings. The van der Waals surface area contributed by atoms with Gasteiger partial charge < -0.3 is 24.8 Å². The second-order valence-corrected chi connectivity index (χ2v) is 7.10. The van der Waals surface area contributed by atoms with Crippen molar-refractivity contribution in [3.05, 3.63) is 34.9 Å². The maximum atomic E-state index is 10.4. The number of rotatable bonds is 9. The number of halogens is 2. The van der Waals surface area contributed by atoms with E-state index in [2.05, 4.69) is 22.1 Å². The summed E-state index contributed by atoms with van der Waals surface area (Å²) in [6.07, 6.45) is 2.57. The van der Waals surface area contributed by atoms with Gasteiger partial charge in [-0.15, -0.1) is 24.0 Å². The molecule has 1 aliphatic heterocycles. The van der Waals surface area contributed by atoms with Crippen LogP contribution in [0.3, 0.4) is 0 Å². The lowest BCUT2D eigenvalue weighted by Gasteiger charge is -2.34. The number of aliphatic imine (C=N–C) groups is 1. The lowest BCUT2D eigenvalue weighted by atomic mass is 10.1. The Kier molecular flexibility index (Phi) is 13.1. The summed E-state index contributed by atoms with van der Waals surface area (Å²) in [7, 11) is 1.71. The Balaban J connectivity index is 0.00000392. The number of benzene rings is 1. The summed E-state index contributed by atoms with van der Waals surface area (Å²) in [6, 6.07) is 7.24. The Morgan fingerprint density at radius 1 is 1.29 bits per heavy atom. The number of aliphatic hydroxyl groups is 1. The van der Waals surface area contributed by atoms with E-state index in [1.165, 1.54) is 0 Å². The summed E-state index contributed by atoms with van der Waals surface area (Å²) in [6.45, 7) is 6.46. The second-order valence-electron chi connectivity index (χ2n) is 6.67. The van der Waals surface area contributed by atoms with Crippen molar-refractivity contribution in [2.24, 2.45) is 4.99 Å². The first kappa shape index (κ1) is 25.4. The van der Waals surface area contributed by atoms with Gasteiger partial charge in [0.1, 0.15) is 0 Å². The van der Waals surface area contributed by atoms with Crippen LogP contribution in [0.4, 0.5) is 0 Å². The molecule has 0 spiro atoms. The fourth-order valence-corrected chi connectivity index (χ4v) is 3.20. The molecule has 160 valence electrons. The van der Waals surface area contributed by atoms with Crippen molar-refractivity contribution in [2.45, 2.75) is 38.4 Å². The molecule has 1 saturated heterocycles. The summed E-state index contributed by atoms with van der Waals surface area (Å²) >= 11 is 5.90. The molecule has 0 aliphatic carbocycles. The maximum Gasteiger partial charge on any atom is 0.194 e. The molecule has 1 aliphatic rings. The molecule has 1 aromatic rings. The number of methoxy groups -OCH3 is 1.